The molecule has 4 heteroatoms. The predicted octanol–water partition coefficient (Wildman–Crippen LogP) is 2.84. The molecule has 0 aliphatic heterocycles. The van der Waals surface area contributed by atoms with Gasteiger partial charge in [-0.05, 0) is 26.7 Å². The molecular formula is C13H24O4. The van der Waals surface area contributed by atoms with E-state index in [-0.39, 0.29) is 0 Å². The summed E-state index contributed by atoms with van der Waals surface area (Å²) in [6, 6.07) is 0. The number of hydrogen-bond donors (Lipinski definition) is 0. The summed E-state index contributed by atoms with van der Waals surface area (Å²) in [5.74, 6) is -1.78. The topological polar surface area (TPSA) is 52.6 Å². The molecule has 0 aliphatic rings. The summed E-state index contributed by atoms with van der Waals surface area (Å²) in [7, 11) is 0. The second kappa shape index (κ2) is 8.09. The monoisotopic (exact) mass is 244 g/mol. The van der Waals surface area contributed by atoms with Crippen molar-refractivity contribution in [3.63, 3.8) is 0 Å². The zero-order valence-corrected chi connectivity index (χ0v) is 11.4. The fourth-order valence-corrected chi connectivity index (χ4v) is 1.12. The molecule has 0 unspecified atom stereocenters. The Kier molecular flexibility index (Phi) is 7.59. The average Bonchev–Trinajstić information content (AvgIpc) is 2.28. The minimum Gasteiger partial charge on any atom is -0.457 e. The average molecular weight is 244 g/mol. The van der Waals surface area contributed by atoms with Crippen molar-refractivity contribution < 1.29 is 19.1 Å². The molecule has 100 valence electrons. The molecular weight excluding hydrogens is 220 g/mol. The Hall–Kier alpha value is -1.06. The van der Waals surface area contributed by atoms with Crippen LogP contribution in [0.1, 0.15) is 59.8 Å². The van der Waals surface area contributed by atoms with Gasteiger partial charge in [0.2, 0.25) is 0 Å². The van der Waals surface area contributed by atoms with Gasteiger partial charge in [-0.25, -0.2) is 9.59 Å². The highest BCUT2D eigenvalue weighted by Crippen LogP contribution is 2.13. The summed E-state index contributed by atoms with van der Waals surface area (Å²) in [6.07, 6.45) is 4.71. The fourth-order valence-electron chi connectivity index (χ4n) is 1.12. The van der Waals surface area contributed by atoms with Crippen molar-refractivity contribution in [1.82, 2.24) is 0 Å². The van der Waals surface area contributed by atoms with Crippen molar-refractivity contribution in [3.8, 4) is 0 Å². The van der Waals surface area contributed by atoms with Crippen LogP contribution in [-0.2, 0) is 19.1 Å². The van der Waals surface area contributed by atoms with Crippen molar-refractivity contribution in [2.75, 3.05) is 6.61 Å². The number of ether oxygens (including phenoxy) is 2. The van der Waals surface area contributed by atoms with Crippen molar-refractivity contribution in [2.45, 2.75) is 65.4 Å². The third kappa shape index (κ3) is 7.77. The van der Waals surface area contributed by atoms with Gasteiger partial charge in [0, 0.05) is 0 Å². The summed E-state index contributed by atoms with van der Waals surface area (Å²) in [5.41, 5.74) is -0.613. The normalized spacial score (nSPS) is 11.1. The van der Waals surface area contributed by atoms with E-state index < -0.39 is 17.5 Å². The number of carbonyl (C=O) groups is 2. The number of unbranched alkanes of at least 4 members (excludes halogenated alkanes) is 3. The Morgan fingerprint density at radius 3 is 2.18 bits per heavy atom. The second-order valence-electron chi connectivity index (χ2n) is 4.70. The van der Waals surface area contributed by atoms with Crippen molar-refractivity contribution >= 4 is 11.9 Å². The maximum atomic E-state index is 11.3. The molecule has 0 amide bonds. The van der Waals surface area contributed by atoms with E-state index in [1.165, 1.54) is 0 Å². The van der Waals surface area contributed by atoms with Gasteiger partial charge in [0.15, 0.2) is 0 Å². The first-order valence-corrected chi connectivity index (χ1v) is 6.33. The van der Waals surface area contributed by atoms with Gasteiger partial charge in [-0.15, -0.1) is 0 Å². The highest BCUT2D eigenvalue weighted by atomic mass is 16.6. The smallest absolute Gasteiger partial charge is 0.418 e. The van der Waals surface area contributed by atoms with Crippen LogP contribution >= 0.6 is 0 Å². The lowest BCUT2D eigenvalue weighted by Gasteiger charge is -2.22. The molecule has 4 nitrogen and oxygen atoms in total. The van der Waals surface area contributed by atoms with Gasteiger partial charge in [0.05, 0.1) is 6.61 Å². The molecule has 0 aromatic carbocycles. The van der Waals surface area contributed by atoms with E-state index in [0.29, 0.717) is 13.0 Å². The van der Waals surface area contributed by atoms with E-state index in [0.717, 1.165) is 25.7 Å². The molecule has 17 heavy (non-hydrogen) atoms. The van der Waals surface area contributed by atoms with E-state index in [9.17, 15) is 9.59 Å². The van der Waals surface area contributed by atoms with Crippen LogP contribution in [0.5, 0.6) is 0 Å². The Morgan fingerprint density at radius 2 is 1.65 bits per heavy atom. The molecule has 0 bridgehead atoms. The molecule has 0 saturated carbocycles. The number of carbonyl (C=O) groups excluding carboxylic acids is 2. The van der Waals surface area contributed by atoms with E-state index >= 15 is 0 Å². The lowest BCUT2D eigenvalue weighted by molar-refractivity contribution is -0.175. The van der Waals surface area contributed by atoms with Crippen molar-refractivity contribution in [3.05, 3.63) is 0 Å². The standard InChI is InChI=1S/C13H24O4/c1-5-7-8-9-10-16-11(14)12(15)17-13(3,4)6-2/h5-10H2,1-4H3. The van der Waals surface area contributed by atoms with Crippen molar-refractivity contribution in [2.24, 2.45) is 0 Å². The van der Waals surface area contributed by atoms with E-state index in [2.05, 4.69) is 6.92 Å². The quantitative estimate of drug-likeness (QED) is 0.392. The van der Waals surface area contributed by atoms with Gasteiger partial charge in [0.1, 0.15) is 5.60 Å². The van der Waals surface area contributed by atoms with Crippen molar-refractivity contribution in [1.29, 1.82) is 0 Å². The first-order valence-electron chi connectivity index (χ1n) is 6.33. The van der Waals surface area contributed by atoms with Crippen LogP contribution < -0.4 is 0 Å². The van der Waals surface area contributed by atoms with Crippen LogP contribution in [0.15, 0.2) is 0 Å². The van der Waals surface area contributed by atoms with Gasteiger partial charge in [0.25, 0.3) is 0 Å². The molecule has 0 aliphatic carbocycles. The minimum atomic E-state index is -0.896. The predicted molar refractivity (Wildman–Crippen MR) is 65.6 cm³/mol. The molecule has 0 saturated heterocycles. The summed E-state index contributed by atoms with van der Waals surface area (Å²) >= 11 is 0. The molecule has 0 rings (SSSR count). The van der Waals surface area contributed by atoms with Crippen LogP contribution in [0.25, 0.3) is 0 Å². The molecule has 0 heterocycles. The van der Waals surface area contributed by atoms with Crippen LogP contribution in [0.2, 0.25) is 0 Å². The van der Waals surface area contributed by atoms with E-state index in [1.807, 2.05) is 6.92 Å². The lowest BCUT2D eigenvalue weighted by Crippen LogP contribution is -2.32. The van der Waals surface area contributed by atoms with Gasteiger partial charge in [-0.3, -0.25) is 0 Å². The number of rotatable bonds is 7. The van der Waals surface area contributed by atoms with Gasteiger partial charge < -0.3 is 9.47 Å². The third-order valence-corrected chi connectivity index (χ3v) is 2.62. The van der Waals surface area contributed by atoms with Crippen LogP contribution in [0, 0.1) is 0 Å². The van der Waals surface area contributed by atoms with Crippen LogP contribution in [0.4, 0.5) is 0 Å². The van der Waals surface area contributed by atoms with E-state index in [4.69, 9.17) is 9.47 Å². The largest absolute Gasteiger partial charge is 0.457 e. The van der Waals surface area contributed by atoms with Gasteiger partial charge in [-0.2, -0.15) is 0 Å². The zero-order valence-electron chi connectivity index (χ0n) is 11.4. The molecule has 0 aromatic rings. The maximum absolute atomic E-state index is 11.3. The Balaban J connectivity index is 3.79. The maximum Gasteiger partial charge on any atom is 0.418 e. The second-order valence-corrected chi connectivity index (χ2v) is 4.70. The van der Waals surface area contributed by atoms with Gasteiger partial charge in [-0.1, -0.05) is 33.1 Å². The highest BCUT2D eigenvalue weighted by Gasteiger charge is 2.26. The summed E-state index contributed by atoms with van der Waals surface area (Å²) in [6.45, 7) is 7.82. The van der Waals surface area contributed by atoms with Crippen LogP contribution in [0.3, 0.4) is 0 Å². The third-order valence-electron chi connectivity index (χ3n) is 2.62. The highest BCUT2D eigenvalue weighted by molar-refractivity contribution is 6.29. The Morgan fingerprint density at radius 1 is 1.00 bits per heavy atom. The molecule has 0 radical (unpaired) electrons. The minimum absolute atomic E-state index is 0.292. The summed E-state index contributed by atoms with van der Waals surface area (Å²) in [5, 5.41) is 0. The molecule has 0 N–H and O–H groups in total. The summed E-state index contributed by atoms with van der Waals surface area (Å²) in [4.78, 5) is 22.6. The van der Waals surface area contributed by atoms with E-state index in [1.54, 1.807) is 13.8 Å². The molecule has 0 aromatic heterocycles. The molecule has 0 atom stereocenters. The molecule has 0 fully saturated rings. The SMILES string of the molecule is CCCCCCOC(=O)C(=O)OC(C)(C)CC. The zero-order chi connectivity index (χ0) is 13.3. The number of esters is 2. The first-order chi connectivity index (χ1) is 7.93. The fraction of sp³-hybridized carbons (Fsp3) is 0.846. The summed E-state index contributed by atoms with van der Waals surface area (Å²) < 4.78 is 9.84. The van der Waals surface area contributed by atoms with Crippen LogP contribution in [-0.4, -0.2) is 24.1 Å². The number of hydrogen-bond acceptors (Lipinski definition) is 4. The van der Waals surface area contributed by atoms with Gasteiger partial charge >= 0.3 is 11.9 Å². The Bertz CT molecular complexity index is 246. The lowest BCUT2D eigenvalue weighted by atomic mass is 10.1. The first kappa shape index (κ1) is 15.9. The Labute approximate surface area is 104 Å². The molecule has 0 spiro atoms.